The van der Waals surface area contributed by atoms with Crippen molar-refractivity contribution in [3.05, 3.63) is 0 Å². The number of amides is 1. The molecule has 0 aliphatic heterocycles. The minimum atomic E-state index is -0.0187. The van der Waals surface area contributed by atoms with Crippen LogP contribution in [0.3, 0.4) is 0 Å². The lowest BCUT2D eigenvalue weighted by molar-refractivity contribution is -0.134. The van der Waals surface area contributed by atoms with Crippen LogP contribution in [0.25, 0.3) is 0 Å². The standard InChI is InChI=1S/C15H27N3O/c1-13(2)18(11-7-10-16)14(19)12-15(17-3)8-5-4-6-9-15/h13,17H,4-9,11-12H2,1-3H3. The van der Waals surface area contributed by atoms with Gasteiger partial charge in [0, 0.05) is 24.5 Å². The Morgan fingerprint density at radius 1 is 1.37 bits per heavy atom. The monoisotopic (exact) mass is 265 g/mol. The van der Waals surface area contributed by atoms with E-state index in [1.54, 1.807) is 0 Å². The van der Waals surface area contributed by atoms with Crippen LogP contribution in [0.5, 0.6) is 0 Å². The minimum absolute atomic E-state index is 0.0187. The normalized spacial score (nSPS) is 18.1. The molecule has 4 nitrogen and oxygen atoms in total. The summed E-state index contributed by atoms with van der Waals surface area (Å²) in [5.74, 6) is 0.182. The van der Waals surface area contributed by atoms with Crippen molar-refractivity contribution in [2.75, 3.05) is 13.6 Å². The van der Waals surface area contributed by atoms with Crippen molar-refractivity contribution < 1.29 is 4.79 Å². The fourth-order valence-corrected chi connectivity index (χ4v) is 2.98. The summed E-state index contributed by atoms with van der Waals surface area (Å²) in [5, 5.41) is 12.1. The number of rotatable bonds is 6. The number of hydrogen-bond donors (Lipinski definition) is 1. The Labute approximate surface area is 117 Å². The summed E-state index contributed by atoms with van der Waals surface area (Å²) >= 11 is 0. The quantitative estimate of drug-likeness (QED) is 0.802. The maximum Gasteiger partial charge on any atom is 0.224 e. The maximum absolute atomic E-state index is 12.5. The van der Waals surface area contributed by atoms with Gasteiger partial charge >= 0.3 is 0 Å². The lowest BCUT2D eigenvalue weighted by Crippen LogP contribution is -2.50. The molecule has 0 spiro atoms. The summed E-state index contributed by atoms with van der Waals surface area (Å²) in [7, 11) is 1.97. The fraction of sp³-hybridized carbons (Fsp3) is 0.867. The van der Waals surface area contributed by atoms with Crippen molar-refractivity contribution >= 4 is 5.91 Å². The molecule has 1 aliphatic carbocycles. The first-order valence-electron chi connectivity index (χ1n) is 7.40. The van der Waals surface area contributed by atoms with Crippen LogP contribution in [0.1, 0.15) is 58.8 Å². The highest BCUT2D eigenvalue weighted by Gasteiger charge is 2.34. The molecule has 1 aliphatic rings. The maximum atomic E-state index is 12.5. The molecule has 108 valence electrons. The van der Waals surface area contributed by atoms with E-state index in [2.05, 4.69) is 11.4 Å². The smallest absolute Gasteiger partial charge is 0.224 e. The van der Waals surface area contributed by atoms with Gasteiger partial charge in [-0.25, -0.2) is 0 Å². The van der Waals surface area contributed by atoms with Crippen LogP contribution >= 0.6 is 0 Å². The van der Waals surface area contributed by atoms with Gasteiger partial charge in [0.25, 0.3) is 0 Å². The SMILES string of the molecule is CNC1(CC(=O)N(CCC#N)C(C)C)CCCCC1. The predicted molar refractivity (Wildman–Crippen MR) is 76.6 cm³/mol. The van der Waals surface area contributed by atoms with Crippen molar-refractivity contribution in [1.29, 1.82) is 5.26 Å². The number of nitrogens with one attached hydrogen (secondary N) is 1. The van der Waals surface area contributed by atoms with E-state index in [1.165, 1.54) is 19.3 Å². The zero-order valence-corrected chi connectivity index (χ0v) is 12.5. The number of carbonyl (C=O) groups is 1. The van der Waals surface area contributed by atoms with Gasteiger partial charge in [-0.05, 0) is 33.7 Å². The van der Waals surface area contributed by atoms with Gasteiger partial charge in [0.2, 0.25) is 5.91 Å². The van der Waals surface area contributed by atoms with E-state index in [-0.39, 0.29) is 17.5 Å². The molecule has 1 fully saturated rings. The van der Waals surface area contributed by atoms with Crippen molar-refractivity contribution in [1.82, 2.24) is 10.2 Å². The van der Waals surface area contributed by atoms with Crippen LogP contribution in [0.15, 0.2) is 0 Å². The summed E-state index contributed by atoms with van der Waals surface area (Å²) in [6.07, 6.45) is 6.82. The summed E-state index contributed by atoms with van der Waals surface area (Å²) in [6.45, 7) is 4.58. The number of hydrogen-bond acceptors (Lipinski definition) is 3. The third-order valence-electron chi connectivity index (χ3n) is 4.24. The molecule has 0 aromatic heterocycles. The molecule has 1 rings (SSSR count). The van der Waals surface area contributed by atoms with Crippen LogP contribution < -0.4 is 5.32 Å². The molecule has 4 heteroatoms. The highest BCUT2D eigenvalue weighted by atomic mass is 16.2. The largest absolute Gasteiger partial charge is 0.339 e. The van der Waals surface area contributed by atoms with E-state index in [0.717, 1.165) is 12.8 Å². The first-order chi connectivity index (χ1) is 9.04. The molecule has 0 atom stereocenters. The van der Waals surface area contributed by atoms with Crippen LogP contribution in [0.2, 0.25) is 0 Å². The molecule has 0 unspecified atom stereocenters. The molecule has 0 aromatic carbocycles. The predicted octanol–water partition coefficient (Wildman–Crippen LogP) is 2.45. The number of nitrogens with zero attached hydrogens (tertiary/aromatic N) is 2. The Balaban J connectivity index is 2.66. The zero-order chi connectivity index (χ0) is 14.3. The molecular formula is C15H27N3O. The van der Waals surface area contributed by atoms with Gasteiger partial charge in [0.15, 0.2) is 0 Å². The topological polar surface area (TPSA) is 56.1 Å². The molecule has 1 N–H and O–H groups in total. The van der Waals surface area contributed by atoms with Gasteiger partial charge in [-0.1, -0.05) is 19.3 Å². The van der Waals surface area contributed by atoms with Crippen LogP contribution in [0, 0.1) is 11.3 Å². The van der Waals surface area contributed by atoms with Crippen molar-refractivity contribution in [2.45, 2.75) is 70.4 Å². The lowest BCUT2D eigenvalue weighted by Gasteiger charge is -2.39. The lowest BCUT2D eigenvalue weighted by atomic mass is 9.79. The van der Waals surface area contributed by atoms with Gasteiger partial charge in [-0.2, -0.15) is 5.26 Å². The Bertz CT molecular complexity index is 327. The van der Waals surface area contributed by atoms with E-state index >= 15 is 0 Å². The molecule has 0 saturated heterocycles. The second-order valence-corrected chi connectivity index (χ2v) is 5.86. The Morgan fingerprint density at radius 2 is 2.00 bits per heavy atom. The molecule has 19 heavy (non-hydrogen) atoms. The molecule has 0 radical (unpaired) electrons. The second-order valence-electron chi connectivity index (χ2n) is 5.86. The Morgan fingerprint density at radius 3 is 2.47 bits per heavy atom. The van der Waals surface area contributed by atoms with E-state index in [9.17, 15) is 4.79 Å². The van der Waals surface area contributed by atoms with Gasteiger partial charge < -0.3 is 10.2 Å². The highest BCUT2D eigenvalue weighted by Crippen LogP contribution is 2.31. The van der Waals surface area contributed by atoms with E-state index in [1.807, 2.05) is 25.8 Å². The van der Waals surface area contributed by atoms with Gasteiger partial charge in [-0.15, -0.1) is 0 Å². The summed E-state index contributed by atoms with van der Waals surface area (Å²) in [5.41, 5.74) is -0.0187. The first-order valence-corrected chi connectivity index (χ1v) is 7.40. The molecule has 0 aromatic rings. The number of carbonyl (C=O) groups excluding carboxylic acids is 1. The highest BCUT2D eigenvalue weighted by molar-refractivity contribution is 5.77. The van der Waals surface area contributed by atoms with Crippen molar-refractivity contribution in [2.24, 2.45) is 0 Å². The Hall–Kier alpha value is -1.08. The summed E-state index contributed by atoms with van der Waals surface area (Å²) in [4.78, 5) is 14.3. The van der Waals surface area contributed by atoms with E-state index in [4.69, 9.17) is 5.26 Å². The minimum Gasteiger partial charge on any atom is -0.339 e. The van der Waals surface area contributed by atoms with Crippen LogP contribution in [0.4, 0.5) is 0 Å². The second kappa shape index (κ2) is 7.49. The number of nitriles is 1. The Kier molecular flexibility index (Phi) is 6.30. The molecule has 0 heterocycles. The van der Waals surface area contributed by atoms with Crippen LogP contribution in [-0.4, -0.2) is 36.0 Å². The molecular weight excluding hydrogens is 238 g/mol. The van der Waals surface area contributed by atoms with E-state index in [0.29, 0.717) is 19.4 Å². The van der Waals surface area contributed by atoms with Gasteiger partial charge in [-0.3, -0.25) is 4.79 Å². The molecule has 0 bridgehead atoms. The average Bonchev–Trinajstić information content (AvgIpc) is 2.39. The molecule has 1 amide bonds. The van der Waals surface area contributed by atoms with E-state index < -0.39 is 0 Å². The third-order valence-corrected chi connectivity index (χ3v) is 4.24. The van der Waals surface area contributed by atoms with Gasteiger partial charge in [0.1, 0.15) is 0 Å². The molecule has 1 saturated carbocycles. The van der Waals surface area contributed by atoms with Crippen LogP contribution in [-0.2, 0) is 4.79 Å². The zero-order valence-electron chi connectivity index (χ0n) is 12.5. The first kappa shape index (κ1) is 16.0. The summed E-state index contributed by atoms with van der Waals surface area (Å²) < 4.78 is 0. The summed E-state index contributed by atoms with van der Waals surface area (Å²) in [6, 6.07) is 2.29. The third kappa shape index (κ3) is 4.50. The van der Waals surface area contributed by atoms with Gasteiger partial charge in [0.05, 0.1) is 12.5 Å². The van der Waals surface area contributed by atoms with Crippen molar-refractivity contribution in [3.63, 3.8) is 0 Å². The van der Waals surface area contributed by atoms with Crippen molar-refractivity contribution in [3.8, 4) is 6.07 Å². The average molecular weight is 265 g/mol. The fourth-order valence-electron chi connectivity index (χ4n) is 2.98.